The Morgan fingerprint density at radius 1 is 0.333 bits per heavy atom. The third-order valence-corrected chi connectivity index (χ3v) is 11.3. The van der Waals surface area contributed by atoms with Gasteiger partial charge in [-0.3, -0.25) is 14.4 Å². The maximum Gasteiger partial charge on any atom is 0.306 e. The van der Waals surface area contributed by atoms with Gasteiger partial charge < -0.3 is 14.2 Å². The van der Waals surface area contributed by atoms with Crippen LogP contribution in [0.5, 0.6) is 0 Å². The van der Waals surface area contributed by atoms with E-state index in [2.05, 4.69) is 93.7 Å². The summed E-state index contributed by atoms with van der Waals surface area (Å²) in [6, 6.07) is 0. The summed E-state index contributed by atoms with van der Waals surface area (Å²) in [6.07, 6.45) is 64.7. The van der Waals surface area contributed by atoms with E-state index in [1.807, 2.05) is 0 Å². The molecule has 362 valence electrons. The number of carbonyl (C=O) groups is 3. The van der Waals surface area contributed by atoms with Crippen LogP contribution in [0.3, 0.4) is 0 Å². The molecule has 0 fully saturated rings. The molecule has 0 aromatic heterocycles. The van der Waals surface area contributed by atoms with Crippen molar-refractivity contribution in [2.45, 2.75) is 258 Å². The van der Waals surface area contributed by atoms with Gasteiger partial charge in [-0.05, 0) is 57.8 Å². The Bertz CT molecular complexity index is 1190. The third-order valence-electron chi connectivity index (χ3n) is 11.3. The first-order valence-corrected chi connectivity index (χ1v) is 26.5. The second kappa shape index (κ2) is 51.5. The SMILES string of the molecule is CC/C=C/C=C/C=C/CCCCCCCC(=O)OCC(COC(=O)CCCCCCCCCCCCCCCCCCCCC)OC(=O)CCCCCCC/C=C/C=C/C=C/CC. The molecular weight excluding hydrogens is 781 g/mol. The van der Waals surface area contributed by atoms with Crippen molar-refractivity contribution in [3.8, 4) is 0 Å². The van der Waals surface area contributed by atoms with Crippen molar-refractivity contribution in [3.63, 3.8) is 0 Å². The minimum Gasteiger partial charge on any atom is -0.462 e. The fraction of sp³-hybridized carbons (Fsp3) is 0.737. The molecular formula is C57H98O6. The average Bonchev–Trinajstić information content (AvgIpc) is 3.28. The normalized spacial score (nSPS) is 12.6. The summed E-state index contributed by atoms with van der Waals surface area (Å²) in [4.78, 5) is 38.0. The number of rotatable bonds is 47. The maximum atomic E-state index is 12.8. The second-order valence-electron chi connectivity index (χ2n) is 17.5. The van der Waals surface area contributed by atoms with Crippen LogP contribution in [0.2, 0.25) is 0 Å². The van der Waals surface area contributed by atoms with Crippen molar-refractivity contribution in [2.24, 2.45) is 0 Å². The number of allylic oxidation sites excluding steroid dienone is 12. The molecule has 0 heterocycles. The van der Waals surface area contributed by atoms with Crippen molar-refractivity contribution in [3.05, 3.63) is 72.9 Å². The number of hydrogen-bond donors (Lipinski definition) is 0. The van der Waals surface area contributed by atoms with E-state index < -0.39 is 6.10 Å². The van der Waals surface area contributed by atoms with E-state index in [0.717, 1.165) is 109 Å². The average molecular weight is 879 g/mol. The fourth-order valence-corrected chi connectivity index (χ4v) is 7.38. The number of esters is 3. The van der Waals surface area contributed by atoms with Crippen LogP contribution in [-0.4, -0.2) is 37.2 Å². The minimum atomic E-state index is -0.792. The molecule has 0 saturated carbocycles. The highest BCUT2D eigenvalue weighted by molar-refractivity contribution is 5.71. The highest BCUT2D eigenvalue weighted by Gasteiger charge is 2.19. The molecule has 63 heavy (non-hydrogen) atoms. The van der Waals surface area contributed by atoms with Crippen LogP contribution >= 0.6 is 0 Å². The molecule has 1 unspecified atom stereocenters. The van der Waals surface area contributed by atoms with Gasteiger partial charge in [-0.25, -0.2) is 0 Å². The zero-order valence-electron chi connectivity index (χ0n) is 41.3. The van der Waals surface area contributed by atoms with Crippen LogP contribution in [-0.2, 0) is 28.6 Å². The summed E-state index contributed by atoms with van der Waals surface area (Å²) in [6.45, 7) is 6.35. The van der Waals surface area contributed by atoms with E-state index in [4.69, 9.17) is 14.2 Å². The Morgan fingerprint density at radius 2 is 0.619 bits per heavy atom. The second-order valence-corrected chi connectivity index (χ2v) is 17.5. The van der Waals surface area contributed by atoms with Gasteiger partial charge in [0.15, 0.2) is 6.10 Å². The Kier molecular flexibility index (Phi) is 48.9. The lowest BCUT2D eigenvalue weighted by atomic mass is 10.0. The molecule has 0 aliphatic carbocycles. The third kappa shape index (κ3) is 49.7. The van der Waals surface area contributed by atoms with Crippen molar-refractivity contribution in [1.29, 1.82) is 0 Å². The molecule has 0 aromatic rings. The fourth-order valence-electron chi connectivity index (χ4n) is 7.38. The van der Waals surface area contributed by atoms with E-state index in [1.165, 1.54) is 103 Å². The monoisotopic (exact) mass is 879 g/mol. The zero-order chi connectivity index (χ0) is 45.8. The molecule has 6 heteroatoms. The van der Waals surface area contributed by atoms with Crippen LogP contribution in [0.1, 0.15) is 252 Å². The molecule has 0 aromatic carbocycles. The van der Waals surface area contributed by atoms with Gasteiger partial charge in [-0.2, -0.15) is 0 Å². The summed E-state index contributed by atoms with van der Waals surface area (Å²) in [5.41, 5.74) is 0. The lowest BCUT2D eigenvalue weighted by Crippen LogP contribution is -2.30. The predicted molar refractivity (Wildman–Crippen MR) is 270 cm³/mol. The molecule has 0 spiro atoms. The van der Waals surface area contributed by atoms with Gasteiger partial charge in [-0.1, -0.05) is 248 Å². The standard InChI is InChI=1S/C57H98O6/c1-4-7-10-13-16-19-22-25-26-27-28-29-30-33-35-38-41-44-47-50-56(59)62-53-54(63-57(60)51-48-45-42-39-36-32-24-21-18-15-12-9-6-3)52-61-55(58)49-46-43-40-37-34-31-23-20-17-14-11-8-5-2/h8-9,11-12,14-15,17-18,20-21,23-24,54H,4-7,10,13,16,19,22,25-53H2,1-3H3/b11-8+,12-9+,17-14+,18-15+,23-20+,24-21+. The lowest BCUT2D eigenvalue weighted by Gasteiger charge is -2.18. The largest absolute Gasteiger partial charge is 0.462 e. The molecule has 0 amide bonds. The van der Waals surface area contributed by atoms with Gasteiger partial charge in [0.05, 0.1) is 0 Å². The van der Waals surface area contributed by atoms with Crippen molar-refractivity contribution < 1.29 is 28.6 Å². The predicted octanol–water partition coefficient (Wildman–Crippen LogP) is 17.4. The molecule has 0 aliphatic rings. The molecule has 0 bridgehead atoms. The molecule has 0 N–H and O–H groups in total. The van der Waals surface area contributed by atoms with Gasteiger partial charge in [0.2, 0.25) is 0 Å². The molecule has 0 rings (SSSR count). The summed E-state index contributed by atoms with van der Waals surface area (Å²) >= 11 is 0. The Balaban J connectivity index is 4.35. The Hall–Kier alpha value is -3.15. The maximum absolute atomic E-state index is 12.8. The summed E-state index contributed by atoms with van der Waals surface area (Å²) in [5.74, 6) is -0.927. The highest BCUT2D eigenvalue weighted by atomic mass is 16.6. The van der Waals surface area contributed by atoms with Gasteiger partial charge >= 0.3 is 17.9 Å². The van der Waals surface area contributed by atoms with E-state index in [-0.39, 0.29) is 31.1 Å². The molecule has 0 radical (unpaired) electrons. The van der Waals surface area contributed by atoms with Crippen molar-refractivity contribution >= 4 is 17.9 Å². The van der Waals surface area contributed by atoms with Crippen LogP contribution in [0.4, 0.5) is 0 Å². The number of ether oxygens (including phenoxy) is 3. The smallest absolute Gasteiger partial charge is 0.306 e. The van der Waals surface area contributed by atoms with E-state index in [9.17, 15) is 14.4 Å². The molecule has 6 nitrogen and oxygen atoms in total. The summed E-state index contributed by atoms with van der Waals surface area (Å²) in [7, 11) is 0. The Labute approximate surface area is 389 Å². The van der Waals surface area contributed by atoms with Gasteiger partial charge in [0.1, 0.15) is 13.2 Å². The van der Waals surface area contributed by atoms with E-state index in [1.54, 1.807) is 0 Å². The Morgan fingerprint density at radius 3 is 0.952 bits per heavy atom. The number of unbranched alkanes of at least 4 members (excludes halogenated alkanes) is 28. The van der Waals surface area contributed by atoms with Gasteiger partial charge in [0, 0.05) is 19.3 Å². The van der Waals surface area contributed by atoms with Crippen LogP contribution < -0.4 is 0 Å². The highest BCUT2D eigenvalue weighted by Crippen LogP contribution is 2.16. The van der Waals surface area contributed by atoms with Crippen molar-refractivity contribution in [2.75, 3.05) is 13.2 Å². The molecule has 0 aliphatic heterocycles. The number of hydrogen-bond acceptors (Lipinski definition) is 6. The number of carbonyl (C=O) groups excluding carboxylic acids is 3. The first-order chi connectivity index (χ1) is 31.0. The van der Waals surface area contributed by atoms with E-state index >= 15 is 0 Å². The molecule has 1 atom stereocenters. The molecule has 0 saturated heterocycles. The first kappa shape index (κ1) is 59.9. The quantitative estimate of drug-likeness (QED) is 0.0262. The van der Waals surface area contributed by atoms with Crippen LogP contribution in [0.15, 0.2) is 72.9 Å². The van der Waals surface area contributed by atoms with Gasteiger partial charge in [0.25, 0.3) is 0 Å². The first-order valence-electron chi connectivity index (χ1n) is 26.5. The zero-order valence-corrected chi connectivity index (χ0v) is 41.3. The minimum absolute atomic E-state index is 0.0890. The lowest BCUT2D eigenvalue weighted by molar-refractivity contribution is -0.167. The summed E-state index contributed by atoms with van der Waals surface area (Å²) < 4.78 is 16.8. The van der Waals surface area contributed by atoms with Gasteiger partial charge in [-0.15, -0.1) is 0 Å². The summed E-state index contributed by atoms with van der Waals surface area (Å²) in [5, 5.41) is 0. The topological polar surface area (TPSA) is 78.9 Å². The van der Waals surface area contributed by atoms with Crippen LogP contribution in [0, 0.1) is 0 Å². The van der Waals surface area contributed by atoms with E-state index in [0.29, 0.717) is 19.3 Å². The van der Waals surface area contributed by atoms with Crippen molar-refractivity contribution in [1.82, 2.24) is 0 Å². The van der Waals surface area contributed by atoms with Crippen LogP contribution in [0.25, 0.3) is 0 Å².